The number of nitrogens with one attached hydrogen (secondary N) is 1. The quantitative estimate of drug-likeness (QED) is 0.742. The third-order valence-corrected chi connectivity index (χ3v) is 2.51. The molecule has 0 aliphatic heterocycles. The largest absolute Gasteiger partial charge is 0.508 e. The van der Waals surface area contributed by atoms with Crippen molar-refractivity contribution in [2.75, 3.05) is 5.32 Å². The van der Waals surface area contributed by atoms with Crippen LogP contribution in [-0.2, 0) is 0 Å². The van der Waals surface area contributed by atoms with Gasteiger partial charge >= 0.3 is 0 Å². The molecule has 0 bridgehead atoms. The third-order valence-electron chi connectivity index (χ3n) is 1.82. The van der Waals surface area contributed by atoms with E-state index in [2.05, 4.69) is 10.3 Å². The van der Waals surface area contributed by atoms with E-state index < -0.39 is 5.91 Å². The highest BCUT2D eigenvalue weighted by Crippen LogP contribution is 2.21. The van der Waals surface area contributed by atoms with Crippen molar-refractivity contribution in [3.8, 4) is 11.5 Å². The van der Waals surface area contributed by atoms with Gasteiger partial charge < -0.3 is 10.2 Å². The van der Waals surface area contributed by atoms with Crippen LogP contribution in [0.4, 0.5) is 5.13 Å². The van der Waals surface area contributed by atoms with E-state index in [1.807, 2.05) is 0 Å². The minimum atomic E-state index is -0.429. The monoisotopic (exact) mass is 236 g/mol. The van der Waals surface area contributed by atoms with E-state index in [-0.39, 0.29) is 17.1 Å². The minimum absolute atomic E-state index is 0.163. The topological polar surface area (TPSA) is 82.5 Å². The maximum Gasteiger partial charge on any atom is 0.257 e. The van der Waals surface area contributed by atoms with Crippen LogP contribution in [0, 0.1) is 0 Å². The molecule has 0 radical (unpaired) electrons. The number of rotatable bonds is 2. The molecule has 6 heteroatoms. The SMILES string of the molecule is O=C(Nc1nccs1)c1cc(O)cc(O)c1. The number of hydrogen-bond donors (Lipinski definition) is 3. The third kappa shape index (κ3) is 2.29. The number of benzene rings is 1. The molecule has 0 unspecified atom stereocenters. The fraction of sp³-hybridized carbons (Fsp3) is 0. The van der Waals surface area contributed by atoms with E-state index in [0.717, 1.165) is 6.07 Å². The minimum Gasteiger partial charge on any atom is -0.508 e. The van der Waals surface area contributed by atoms with Gasteiger partial charge in [0.1, 0.15) is 11.5 Å². The van der Waals surface area contributed by atoms with E-state index in [1.54, 1.807) is 11.6 Å². The summed E-state index contributed by atoms with van der Waals surface area (Å²) in [5, 5.41) is 23.2. The number of phenols is 2. The molecular weight excluding hydrogens is 228 g/mol. The number of aromatic nitrogens is 1. The molecule has 0 atom stereocenters. The molecule has 0 saturated carbocycles. The van der Waals surface area contributed by atoms with Gasteiger partial charge in [-0.3, -0.25) is 10.1 Å². The predicted molar refractivity (Wildman–Crippen MR) is 59.8 cm³/mol. The van der Waals surface area contributed by atoms with Gasteiger partial charge in [-0.2, -0.15) is 0 Å². The van der Waals surface area contributed by atoms with Crippen LogP contribution in [0.1, 0.15) is 10.4 Å². The molecule has 1 aromatic heterocycles. The van der Waals surface area contributed by atoms with E-state index in [0.29, 0.717) is 5.13 Å². The number of hydrogen-bond acceptors (Lipinski definition) is 5. The number of anilines is 1. The predicted octanol–water partition coefficient (Wildman–Crippen LogP) is 1.81. The molecule has 1 heterocycles. The Morgan fingerprint density at radius 2 is 1.94 bits per heavy atom. The van der Waals surface area contributed by atoms with Gasteiger partial charge in [0.25, 0.3) is 5.91 Å². The molecule has 5 nitrogen and oxygen atoms in total. The Morgan fingerprint density at radius 1 is 1.25 bits per heavy atom. The van der Waals surface area contributed by atoms with Crippen molar-refractivity contribution < 1.29 is 15.0 Å². The zero-order chi connectivity index (χ0) is 11.5. The van der Waals surface area contributed by atoms with E-state index in [9.17, 15) is 15.0 Å². The summed E-state index contributed by atoms with van der Waals surface area (Å²) in [6.45, 7) is 0. The maximum atomic E-state index is 11.6. The first kappa shape index (κ1) is 10.4. The van der Waals surface area contributed by atoms with Crippen LogP contribution < -0.4 is 5.32 Å². The van der Waals surface area contributed by atoms with Crippen LogP contribution in [0.5, 0.6) is 11.5 Å². The molecule has 0 fully saturated rings. The van der Waals surface area contributed by atoms with Crippen LogP contribution in [-0.4, -0.2) is 21.1 Å². The lowest BCUT2D eigenvalue weighted by Gasteiger charge is -2.03. The van der Waals surface area contributed by atoms with E-state index in [1.165, 1.54) is 23.5 Å². The van der Waals surface area contributed by atoms with Crippen molar-refractivity contribution in [1.82, 2.24) is 4.98 Å². The highest BCUT2D eigenvalue weighted by Gasteiger charge is 2.09. The number of carbonyl (C=O) groups excluding carboxylic acids is 1. The van der Waals surface area contributed by atoms with Crippen molar-refractivity contribution in [1.29, 1.82) is 0 Å². The summed E-state index contributed by atoms with van der Waals surface area (Å²) in [5.41, 5.74) is 0.174. The maximum absolute atomic E-state index is 11.6. The molecular formula is C10H8N2O3S. The molecule has 0 saturated heterocycles. The Hall–Kier alpha value is -2.08. The first-order valence-electron chi connectivity index (χ1n) is 4.39. The Morgan fingerprint density at radius 3 is 2.50 bits per heavy atom. The van der Waals surface area contributed by atoms with Crippen molar-refractivity contribution in [3.05, 3.63) is 35.3 Å². The van der Waals surface area contributed by atoms with Crippen molar-refractivity contribution in [2.45, 2.75) is 0 Å². The van der Waals surface area contributed by atoms with Crippen molar-refractivity contribution in [3.63, 3.8) is 0 Å². The molecule has 2 aromatic rings. The number of aromatic hydroxyl groups is 2. The van der Waals surface area contributed by atoms with Gasteiger partial charge in [-0.25, -0.2) is 4.98 Å². The second-order valence-corrected chi connectivity index (χ2v) is 3.92. The van der Waals surface area contributed by atoms with Crippen LogP contribution >= 0.6 is 11.3 Å². The highest BCUT2D eigenvalue weighted by molar-refractivity contribution is 7.13. The Labute approximate surface area is 95.0 Å². The van der Waals surface area contributed by atoms with E-state index >= 15 is 0 Å². The molecule has 0 spiro atoms. The van der Waals surface area contributed by atoms with Gasteiger partial charge in [0.05, 0.1) is 0 Å². The molecule has 16 heavy (non-hydrogen) atoms. The van der Waals surface area contributed by atoms with Gasteiger partial charge in [0.15, 0.2) is 5.13 Å². The lowest BCUT2D eigenvalue weighted by molar-refractivity contribution is 0.102. The van der Waals surface area contributed by atoms with Crippen molar-refractivity contribution in [2.24, 2.45) is 0 Å². The molecule has 1 amide bonds. The number of carbonyl (C=O) groups is 1. The zero-order valence-corrected chi connectivity index (χ0v) is 8.86. The fourth-order valence-electron chi connectivity index (χ4n) is 1.18. The number of amides is 1. The molecule has 2 rings (SSSR count). The molecule has 82 valence electrons. The van der Waals surface area contributed by atoms with Crippen LogP contribution in [0.25, 0.3) is 0 Å². The van der Waals surface area contributed by atoms with Gasteiger partial charge in [0, 0.05) is 23.2 Å². The first-order chi connectivity index (χ1) is 7.65. The van der Waals surface area contributed by atoms with E-state index in [4.69, 9.17) is 0 Å². The molecule has 0 aliphatic carbocycles. The Kier molecular flexibility index (Phi) is 2.74. The summed E-state index contributed by atoms with van der Waals surface area (Å²) in [5.74, 6) is -0.755. The van der Waals surface area contributed by atoms with Crippen LogP contribution in [0.15, 0.2) is 29.8 Å². The number of thiazole rings is 1. The van der Waals surface area contributed by atoms with Gasteiger partial charge in [0.2, 0.25) is 0 Å². The first-order valence-corrected chi connectivity index (χ1v) is 5.27. The smallest absolute Gasteiger partial charge is 0.257 e. The number of phenolic OH excluding ortho intramolecular Hbond substituents is 2. The second kappa shape index (κ2) is 4.19. The summed E-state index contributed by atoms with van der Waals surface area (Å²) in [7, 11) is 0. The summed E-state index contributed by atoms with van der Waals surface area (Å²) in [6, 6.07) is 3.69. The number of nitrogens with zero attached hydrogens (tertiary/aromatic N) is 1. The van der Waals surface area contributed by atoms with Gasteiger partial charge in [-0.15, -0.1) is 11.3 Å². The molecule has 0 aliphatic rings. The van der Waals surface area contributed by atoms with Crippen LogP contribution in [0.3, 0.4) is 0 Å². The second-order valence-electron chi connectivity index (χ2n) is 3.03. The summed E-state index contributed by atoms with van der Waals surface area (Å²) in [4.78, 5) is 15.5. The fourth-order valence-corrected chi connectivity index (χ4v) is 1.70. The van der Waals surface area contributed by atoms with Crippen molar-refractivity contribution >= 4 is 22.4 Å². The summed E-state index contributed by atoms with van der Waals surface area (Å²) >= 11 is 1.29. The summed E-state index contributed by atoms with van der Waals surface area (Å²) < 4.78 is 0. The average molecular weight is 236 g/mol. The lowest BCUT2D eigenvalue weighted by Crippen LogP contribution is -2.11. The molecule has 3 N–H and O–H groups in total. The standard InChI is InChI=1S/C10H8N2O3S/c13-7-3-6(4-8(14)5-7)9(15)12-10-11-1-2-16-10/h1-5,13-14H,(H,11,12,15). The van der Waals surface area contributed by atoms with Crippen LogP contribution in [0.2, 0.25) is 0 Å². The average Bonchev–Trinajstić information content (AvgIpc) is 2.68. The van der Waals surface area contributed by atoms with Gasteiger partial charge in [-0.05, 0) is 12.1 Å². The molecule has 1 aromatic carbocycles. The normalized spacial score (nSPS) is 10.0. The highest BCUT2D eigenvalue weighted by atomic mass is 32.1. The Bertz CT molecular complexity index is 491. The summed E-state index contributed by atoms with van der Waals surface area (Å²) in [6.07, 6.45) is 1.57. The lowest BCUT2D eigenvalue weighted by atomic mass is 10.2. The van der Waals surface area contributed by atoms with Gasteiger partial charge in [-0.1, -0.05) is 0 Å². The zero-order valence-electron chi connectivity index (χ0n) is 8.04. The Balaban J connectivity index is 2.21.